The molecule has 0 fully saturated rings. The minimum atomic E-state index is -0.173. The second-order valence-corrected chi connectivity index (χ2v) is 5.99. The van der Waals surface area contributed by atoms with Gasteiger partial charge in [0.25, 0.3) is 5.91 Å². The van der Waals surface area contributed by atoms with Crippen LogP contribution >= 0.6 is 0 Å². The number of hydrogen-bond donors (Lipinski definition) is 2. The molecule has 1 aromatic carbocycles. The highest BCUT2D eigenvalue weighted by Crippen LogP contribution is 2.17. The molecule has 25 heavy (non-hydrogen) atoms. The van der Waals surface area contributed by atoms with Gasteiger partial charge in [0.05, 0.1) is 7.11 Å². The summed E-state index contributed by atoms with van der Waals surface area (Å²) in [4.78, 5) is 20.9. The number of hydrogen-bond acceptors (Lipinski definition) is 5. The largest absolute Gasteiger partial charge is 0.496 e. The van der Waals surface area contributed by atoms with E-state index in [0.29, 0.717) is 18.2 Å². The summed E-state index contributed by atoms with van der Waals surface area (Å²) in [7, 11) is 1.66. The van der Waals surface area contributed by atoms with Crippen LogP contribution in [0.3, 0.4) is 0 Å². The first-order valence-corrected chi connectivity index (χ1v) is 8.55. The Morgan fingerprint density at radius 3 is 2.76 bits per heavy atom. The third-order valence-electron chi connectivity index (χ3n) is 3.95. The van der Waals surface area contributed by atoms with Crippen LogP contribution in [0.2, 0.25) is 0 Å². The van der Waals surface area contributed by atoms with Crippen molar-refractivity contribution in [2.75, 3.05) is 19.0 Å². The van der Waals surface area contributed by atoms with Crippen molar-refractivity contribution in [3.05, 3.63) is 47.3 Å². The van der Waals surface area contributed by atoms with Gasteiger partial charge in [0.2, 0.25) is 5.95 Å². The molecule has 6 heteroatoms. The third kappa shape index (κ3) is 5.45. The van der Waals surface area contributed by atoms with Gasteiger partial charge in [0.1, 0.15) is 11.4 Å². The number of benzene rings is 1. The molecule has 1 amide bonds. The van der Waals surface area contributed by atoms with Crippen LogP contribution in [0.4, 0.5) is 5.95 Å². The summed E-state index contributed by atoms with van der Waals surface area (Å²) in [5.41, 5.74) is 2.25. The summed E-state index contributed by atoms with van der Waals surface area (Å²) in [5.74, 6) is 1.15. The van der Waals surface area contributed by atoms with Gasteiger partial charge in [-0.1, -0.05) is 25.1 Å². The zero-order valence-corrected chi connectivity index (χ0v) is 15.3. The summed E-state index contributed by atoms with van der Waals surface area (Å²) in [5, 5.41) is 6.11. The van der Waals surface area contributed by atoms with E-state index in [1.165, 1.54) is 0 Å². The van der Waals surface area contributed by atoms with E-state index < -0.39 is 0 Å². The lowest BCUT2D eigenvalue weighted by Crippen LogP contribution is -2.32. The molecule has 2 rings (SSSR count). The second-order valence-electron chi connectivity index (χ2n) is 5.99. The van der Waals surface area contributed by atoms with Crippen molar-refractivity contribution in [3.8, 4) is 5.75 Å². The maximum atomic E-state index is 12.3. The van der Waals surface area contributed by atoms with Gasteiger partial charge in [0, 0.05) is 18.3 Å². The third-order valence-corrected chi connectivity index (χ3v) is 3.95. The molecule has 2 N–H and O–H groups in total. The van der Waals surface area contributed by atoms with E-state index in [0.717, 1.165) is 29.8 Å². The van der Waals surface area contributed by atoms with Gasteiger partial charge in [-0.3, -0.25) is 4.79 Å². The lowest BCUT2D eigenvalue weighted by Gasteiger charge is -2.12. The Labute approximate surface area is 149 Å². The number of nitrogens with zero attached hydrogens (tertiary/aromatic N) is 2. The number of carbonyl (C=O) groups excluding carboxylic acids is 1. The first kappa shape index (κ1) is 18.7. The van der Waals surface area contributed by atoms with Crippen LogP contribution in [0.25, 0.3) is 0 Å². The molecule has 6 nitrogen and oxygen atoms in total. The highest BCUT2D eigenvalue weighted by Gasteiger charge is 2.12. The maximum Gasteiger partial charge on any atom is 0.270 e. The molecule has 0 spiro atoms. The number of carbonyl (C=O) groups is 1. The number of para-hydroxylation sites is 1. The van der Waals surface area contributed by atoms with Crippen molar-refractivity contribution >= 4 is 11.9 Å². The Kier molecular flexibility index (Phi) is 6.74. The fraction of sp³-hybridized carbons (Fsp3) is 0.421. The van der Waals surface area contributed by atoms with Gasteiger partial charge < -0.3 is 15.4 Å². The number of methoxy groups -OCH3 is 1. The minimum absolute atomic E-state index is 0.115. The monoisotopic (exact) mass is 342 g/mol. The van der Waals surface area contributed by atoms with E-state index in [1.54, 1.807) is 13.2 Å². The fourth-order valence-electron chi connectivity index (χ4n) is 2.38. The second kappa shape index (κ2) is 9.01. The highest BCUT2D eigenvalue weighted by atomic mass is 16.5. The summed E-state index contributed by atoms with van der Waals surface area (Å²) < 4.78 is 5.35. The van der Waals surface area contributed by atoms with E-state index >= 15 is 0 Å². The lowest BCUT2D eigenvalue weighted by molar-refractivity contribution is 0.0934. The van der Waals surface area contributed by atoms with E-state index in [4.69, 9.17) is 4.74 Å². The standard InChI is InChI=1S/C19H26N4O2/c1-5-13(2)21-18(24)16-12-14(3)22-19(23-16)20-11-10-15-8-6-7-9-17(15)25-4/h6-9,12-13H,5,10-11H2,1-4H3,(H,21,24)(H,20,22,23). The SMILES string of the molecule is CCC(C)NC(=O)c1cc(C)nc(NCCc2ccccc2OC)n1. The average molecular weight is 342 g/mol. The van der Waals surface area contributed by atoms with Gasteiger partial charge in [-0.25, -0.2) is 9.97 Å². The summed E-state index contributed by atoms with van der Waals surface area (Å²) >= 11 is 0. The number of ether oxygens (including phenoxy) is 1. The van der Waals surface area contributed by atoms with Crippen LogP contribution in [-0.2, 0) is 6.42 Å². The minimum Gasteiger partial charge on any atom is -0.496 e. The van der Waals surface area contributed by atoms with Gasteiger partial charge >= 0.3 is 0 Å². The van der Waals surface area contributed by atoms with E-state index in [1.807, 2.05) is 45.0 Å². The Morgan fingerprint density at radius 2 is 2.04 bits per heavy atom. The van der Waals surface area contributed by atoms with Crippen molar-refractivity contribution in [2.24, 2.45) is 0 Å². The van der Waals surface area contributed by atoms with Crippen LogP contribution in [0, 0.1) is 6.92 Å². The Morgan fingerprint density at radius 1 is 1.28 bits per heavy atom. The summed E-state index contributed by atoms with van der Waals surface area (Å²) in [6.45, 7) is 6.50. The number of aryl methyl sites for hydroxylation is 1. The molecule has 0 aliphatic rings. The molecule has 0 aliphatic heterocycles. The topological polar surface area (TPSA) is 76.1 Å². The predicted molar refractivity (Wildman–Crippen MR) is 99.2 cm³/mol. The lowest BCUT2D eigenvalue weighted by atomic mass is 10.1. The molecule has 1 atom stereocenters. The molecule has 1 heterocycles. The molecule has 0 saturated carbocycles. The smallest absolute Gasteiger partial charge is 0.270 e. The molecular formula is C19H26N4O2. The maximum absolute atomic E-state index is 12.3. The summed E-state index contributed by atoms with van der Waals surface area (Å²) in [6.07, 6.45) is 1.65. The molecule has 2 aromatic rings. The molecule has 134 valence electrons. The van der Waals surface area contributed by atoms with Gasteiger partial charge in [-0.15, -0.1) is 0 Å². The van der Waals surface area contributed by atoms with Gasteiger partial charge in [-0.05, 0) is 44.4 Å². The van der Waals surface area contributed by atoms with E-state index in [-0.39, 0.29) is 11.9 Å². The Bertz CT molecular complexity index is 718. The molecule has 0 aliphatic carbocycles. The van der Waals surface area contributed by atoms with Crippen molar-refractivity contribution in [3.63, 3.8) is 0 Å². The average Bonchev–Trinajstić information content (AvgIpc) is 2.61. The molecule has 1 aromatic heterocycles. The molecule has 0 radical (unpaired) electrons. The molecule has 1 unspecified atom stereocenters. The van der Waals surface area contributed by atoms with Crippen LogP contribution in [0.1, 0.15) is 42.0 Å². The predicted octanol–water partition coefficient (Wildman–Crippen LogP) is 2.98. The first-order chi connectivity index (χ1) is 12.0. The Hall–Kier alpha value is -2.63. The normalized spacial score (nSPS) is 11.7. The fourth-order valence-corrected chi connectivity index (χ4v) is 2.38. The van der Waals surface area contributed by atoms with E-state index in [2.05, 4.69) is 20.6 Å². The number of anilines is 1. The van der Waals surface area contributed by atoms with Gasteiger partial charge in [0.15, 0.2) is 0 Å². The first-order valence-electron chi connectivity index (χ1n) is 8.55. The van der Waals surface area contributed by atoms with Crippen LogP contribution in [-0.4, -0.2) is 35.6 Å². The van der Waals surface area contributed by atoms with Crippen LogP contribution in [0.15, 0.2) is 30.3 Å². The van der Waals surface area contributed by atoms with Crippen molar-refractivity contribution in [1.29, 1.82) is 0 Å². The Balaban J connectivity index is 2.01. The van der Waals surface area contributed by atoms with E-state index in [9.17, 15) is 4.79 Å². The number of rotatable bonds is 8. The van der Waals surface area contributed by atoms with Crippen molar-refractivity contribution < 1.29 is 9.53 Å². The zero-order valence-electron chi connectivity index (χ0n) is 15.3. The quantitative estimate of drug-likeness (QED) is 0.771. The molecular weight excluding hydrogens is 316 g/mol. The zero-order chi connectivity index (χ0) is 18.2. The number of aromatic nitrogens is 2. The molecule has 0 saturated heterocycles. The molecule has 0 bridgehead atoms. The van der Waals surface area contributed by atoms with Crippen LogP contribution < -0.4 is 15.4 Å². The van der Waals surface area contributed by atoms with Crippen LogP contribution in [0.5, 0.6) is 5.75 Å². The van der Waals surface area contributed by atoms with Gasteiger partial charge in [-0.2, -0.15) is 0 Å². The number of nitrogens with one attached hydrogen (secondary N) is 2. The van der Waals surface area contributed by atoms with Crippen molar-refractivity contribution in [1.82, 2.24) is 15.3 Å². The number of amides is 1. The highest BCUT2D eigenvalue weighted by molar-refractivity contribution is 5.92. The summed E-state index contributed by atoms with van der Waals surface area (Å²) in [6, 6.07) is 9.71. The van der Waals surface area contributed by atoms with Crippen molar-refractivity contribution in [2.45, 2.75) is 39.7 Å².